The molecule has 0 saturated carbocycles. The van der Waals surface area contributed by atoms with E-state index in [1.54, 1.807) is 23.1 Å². The maximum absolute atomic E-state index is 10.9. The van der Waals surface area contributed by atoms with Gasteiger partial charge < -0.3 is 4.90 Å². The average molecular weight is 261 g/mol. The van der Waals surface area contributed by atoms with Crippen LogP contribution in [0.25, 0.3) is 6.08 Å². The standard InChI is InChI=1S/C15H20N2O2/c1-13-7-4-5-11-16(13)12-6-9-14-8-2-3-10-15(14)17(18)19/h2-3,6,8-10,13H,4-5,7,11-12H2,1H3/p+1/b9-6+/t13-/m1/s1. The molecule has 2 rings (SSSR count). The Morgan fingerprint density at radius 1 is 1.42 bits per heavy atom. The lowest BCUT2D eigenvalue weighted by Gasteiger charge is -2.29. The highest BCUT2D eigenvalue weighted by Gasteiger charge is 2.20. The molecule has 0 aromatic heterocycles. The van der Waals surface area contributed by atoms with Crippen LogP contribution in [0.2, 0.25) is 0 Å². The summed E-state index contributed by atoms with van der Waals surface area (Å²) in [7, 11) is 0. The third-order valence-electron chi connectivity index (χ3n) is 3.89. The van der Waals surface area contributed by atoms with Crippen molar-refractivity contribution >= 4 is 11.8 Å². The Morgan fingerprint density at radius 3 is 2.95 bits per heavy atom. The molecule has 1 saturated heterocycles. The van der Waals surface area contributed by atoms with E-state index in [1.807, 2.05) is 12.1 Å². The third kappa shape index (κ3) is 3.64. The summed E-state index contributed by atoms with van der Waals surface area (Å²) in [4.78, 5) is 12.2. The lowest BCUT2D eigenvalue weighted by atomic mass is 10.0. The number of para-hydroxylation sites is 1. The molecule has 1 aromatic carbocycles. The van der Waals surface area contributed by atoms with E-state index in [2.05, 4.69) is 13.0 Å². The Bertz CT molecular complexity index is 471. The van der Waals surface area contributed by atoms with Gasteiger partial charge in [0.15, 0.2) is 0 Å². The van der Waals surface area contributed by atoms with E-state index in [0.29, 0.717) is 11.6 Å². The number of nitro groups is 1. The molecular formula is C15H21N2O2+. The Kier molecular flexibility index (Phi) is 4.68. The van der Waals surface area contributed by atoms with E-state index in [4.69, 9.17) is 0 Å². The van der Waals surface area contributed by atoms with Crippen LogP contribution in [0.15, 0.2) is 30.3 Å². The lowest BCUT2D eigenvalue weighted by molar-refractivity contribution is -0.922. The van der Waals surface area contributed by atoms with E-state index in [1.165, 1.54) is 25.8 Å². The first-order valence-electron chi connectivity index (χ1n) is 6.93. The Labute approximate surface area is 113 Å². The number of nitrogens with one attached hydrogen (secondary N) is 1. The molecule has 1 fully saturated rings. The summed E-state index contributed by atoms with van der Waals surface area (Å²) in [6, 6.07) is 7.58. The fourth-order valence-electron chi connectivity index (χ4n) is 2.69. The molecule has 0 bridgehead atoms. The van der Waals surface area contributed by atoms with Crippen molar-refractivity contribution in [3.63, 3.8) is 0 Å². The molecular weight excluding hydrogens is 240 g/mol. The number of benzene rings is 1. The van der Waals surface area contributed by atoms with Crippen LogP contribution < -0.4 is 4.90 Å². The van der Waals surface area contributed by atoms with Crippen LogP contribution in [0.3, 0.4) is 0 Å². The molecule has 1 aromatic rings. The normalized spacial score (nSPS) is 23.6. The van der Waals surface area contributed by atoms with E-state index < -0.39 is 0 Å². The van der Waals surface area contributed by atoms with Gasteiger partial charge in [-0.05, 0) is 44.4 Å². The third-order valence-corrected chi connectivity index (χ3v) is 3.89. The summed E-state index contributed by atoms with van der Waals surface area (Å²) in [6.07, 6.45) is 7.86. The summed E-state index contributed by atoms with van der Waals surface area (Å²) in [6.45, 7) is 4.45. The molecule has 4 heteroatoms. The highest BCUT2D eigenvalue weighted by atomic mass is 16.6. The summed E-state index contributed by atoms with van der Waals surface area (Å²) in [5.74, 6) is 0. The molecule has 4 nitrogen and oxygen atoms in total. The van der Waals surface area contributed by atoms with Crippen LogP contribution in [-0.2, 0) is 0 Å². The maximum atomic E-state index is 10.9. The second kappa shape index (κ2) is 6.48. The maximum Gasteiger partial charge on any atom is 0.276 e. The molecule has 0 amide bonds. The molecule has 0 radical (unpaired) electrons. The predicted octanol–water partition coefficient (Wildman–Crippen LogP) is 2.07. The first-order valence-corrected chi connectivity index (χ1v) is 6.93. The predicted molar refractivity (Wildman–Crippen MR) is 76.1 cm³/mol. The van der Waals surface area contributed by atoms with Crippen molar-refractivity contribution in [3.05, 3.63) is 46.0 Å². The zero-order chi connectivity index (χ0) is 13.7. The van der Waals surface area contributed by atoms with Crippen LogP contribution in [0.1, 0.15) is 31.7 Å². The van der Waals surface area contributed by atoms with Crippen LogP contribution in [0, 0.1) is 10.1 Å². The van der Waals surface area contributed by atoms with Crippen LogP contribution in [0.5, 0.6) is 0 Å². The summed E-state index contributed by atoms with van der Waals surface area (Å²) < 4.78 is 0. The smallest absolute Gasteiger partial charge is 0.276 e. The highest BCUT2D eigenvalue weighted by molar-refractivity contribution is 5.60. The van der Waals surface area contributed by atoms with Crippen molar-refractivity contribution in [2.75, 3.05) is 13.1 Å². The molecule has 1 heterocycles. The highest BCUT2D eigenvalue weighted by Crippen LogP contribution is 2.18. The van der Waals surface area contributed by atoms with Gasteiger partial charge in [0.05, 0.1) is 29.6 Å². The number of likely N-dealkylation sites (tertiary alicyclic amines) is 1. The first kappa shape index (κ1) is 13.7. The number of piperidine rings is 1. The second-order valence-electron chi connectivity index (χ2n) is 5.23. The molecule has 1 aliphatic heterocycles. The van der Waals surface area contributed by atoms with E-state index >= 15 is 0 Å². The summed E-state index contributed by atoms with van der Waals surface area (Å²) >= 11 is 0. The Hall–Kier alpha value is -1.68. The number of quaternary nitrogens is 1. The number of rotatable bonds is 4. The van der Waals surface area contributed by atoms with Gasteiger partial charge in [-0.3, -0.25) is 10.1 Å². The molecule has 0 aliphatic carbocycles. The summed E-state index contributed by atoms with van der Waals surface area (Å²) in [5.41, 5.74) is 0.872. The SMILES string of the molecule is C[C@@H]1CCCC[NH+]1C/C=C/c1ccccc1[N+](=O)[O-]. The van der Waals surface area contributed by atoms with Crippen LogP contribution in [-0.4, -0.2) is 24.1 Å². The van der Waals surface area contributed by atoms with Crippen LogP contribution in [0.4, 0.5) is 5.69 Å². The Morgan fingerprint density at radius 2 is 2.21 bits per heavy atom. The molecule has 0 spiro atoms. The summed E-state index contributed by atoms with van der Waals surface area (Å²) in [5, 5.41) is 10.9. The largest absolute Gasteiger partial charge is 0.329 e. The molecule has 19 heavy (non-hydrogen) atoms. The quantitative estimate of drug-likeness (QED) is 0.666. The molecule has 2 atom stereocenters. The van der Waals surface area contributed by atoms with Crippen molar-refractivity contribution in [1.82, 2.24) is 0 Å². The van der Waals surface area contributed by atoms with E-state index in [-0.39, 0.29) is 10.6 Å². The topological polar surface area (TPSA) is 47.6 Å². The minimum absolute atomic E-state index is 0.181. The zero-order valence-electron chi connectivity index (χ0n) is 11.3. The van der Waals surface area contributed by atoms with E-state index in [9.17, 15) is 10.1 Å². The van der Waals surface area contributed by atoms with Crippen molar-refractivity contribution in [3.8, 4) is 0 Å². The minimum atomic E-state index is -0.323. The zero-order valence-corrected chi connectivity index (χ0v) is 11.3. The van der Waals surface area contributed by atoms with Gasteiger partial charge in [-0.2, -0.15) is 0 Å². The van der Waals surface area contributed by atoms with Gasteiger partial charge in [0, 0.05) is 6.07 Å². The molecule has 1 N–H and O–H groups in total. The van der Waals surface area contributed by atoms with Gasteiger partial charge in [-0.15, -0.1) is 0 Å². The first-order chi connectivity index (χ1) is 9.18. The molecule has 102 valence electrons. The van der Waals surface area contributed by atoms with Crippen LogP contribution >= 0.6 is 0 Å². The fraction of sp³-hybridized carbons (Fsp3) is 0.467. The monoisotopic (exact) mass is 261 g/mol. The number of nitro benzene ring substituents is 1. The van der Waals surface area contributed by atoms with E-state index in [0.717, 1.165) is 6.54 Å². The van der Waals surface area contributed by atoms with Crippen molar-refractivity contribution in [2.24, 2.45) is 0 Å². The number of hydrogen-bond acceptors (Lipinski definition) is 2. The van der Waals surface area contributed by atoms with Crippen molar-refractivity contribution in [1.29, 1.82) is 0 Å². The van der Waals surface area contributed by atoms with Gasteiger partial charge in [0.1, 0.15) is 0 Å². The minimum Gasteiger partial charge on any atom is -0.329 e. The number of nitrogens with zero attached hydrogens (tertiary/aromatic N) is 1. The lowest BCUT2D eigenvalue weighted by Crippen LogP contribution is -3.16. The van der Waals surface area contributed by atoms with Gasteiger partial charge in [-0.25, -0.2) is 0 Å². The van der Waals surface area contributed by atoms with Gasteiger partial charge in [-0.1, -0.05) is 12.1 Å². The van der Waals surface area contributed by atoms with Gasteiger partial charge in [0.25, 0.3) is 5.69 Å². The van der Waals surface area contributed by atoms with Crippen molar-refractivity contribution in [2.45, 2.75) is 32.2 Å². The molecule has 1 unspecified atom stereocenters. The van der Waals surface area contributed by atoms with Gasteiger partial charge >= 0.3 is 0 Å². The molecule has 1 aliphatic rings. The number of hydrogen-bond donors (Lipinski definition) is 1. The average Bonchev–Trinajstić information content (AvgIpc) is 2.41. The van der Waals surface area contributed by atoms with Crippen molar-refractivity contribution < 1.29 is 9.82 Å². The fourth-order valence-corrected chi connectivity index (χ4v) is 2.69. The Balaban J connectivity index is 2.00. The van der Waals surface area contributed by atoms with Gasteiger partial charge in [0.2, 0.25) is 0 Å². The second-order valence-corrected chi connectivity index (χ2v) is 5.23.